The SMILES string of the molecule is COc1ccc2c(c1OC)CC1CCCN=C1C2.Cl. The van der Waals surface area contributed by atoms with Gasteiger partial charge in [-0.2, -0.15) is 0 Å². The second-order valence-electron chi connectivity index (χ2n) is 5.03. The summed E-state index contributed by atoms with van der Waals surface area (Å²) in [5, 5.41) is 0. The lowest BCUT2D eigenvalue weighted by molar-refractivity contribution is 0.349. The highest BCUT2D eigenvalue weighted by Gasteiger charge is 2.29. The van der Waals surface area contributed by atoms with Gasteiger partial charge in [-0.15, -0.1) is 12.4 Å². The first-order valence-corrected chi connectivity index (χ1v) is 6.59. The van der Waals surface area contributed by atoms with Crippen molar-refractivity contribution in [3.8, 4) is 11.5 Å². The number of ether oxygens (including phenoxy) is 2. The van der Waals surface area contributed by atoms with Crippen molar-refractivity contribution >= 4 is 18.1 Å². The van der Waals surface area contributed by atoms with Gasteiger partial charge in [0.1, 0.15) is 0 Å². The lowest BCUT2D eigenvalue weighted by atomic mass is 9.78. The van der Waals surface area contributed by atoms with Crippen LogP contribution >= 0.6 is 12.4 Å². The van der Waals surface area contributed by atoms with Crippen LogP contribution in [0.25, 0.3) is 0 Å². The van der Waals surface area contributed by atoms with Crippen LogP contribution in [0.2, 0.25) is 0 Å². The summed E-state index contributed by atoms with van der Waals surface area (Å²) in [6, 6.07) is 4.16. The molecule has 1 unspecified atom stereocenters. The number of benzene rings is 1. The zero-order valence-corrected chi connectivity index (χ0v) is 12.3. The highest BCUT2D eigenvalue weighted by atomic mass is 35.5. The number of hydrogen-bond acceptors (Lipinski definition) is 3. The van der Waals surface area contributed by atoms with Gasteiger partial charge in [0.05, 0.1) is 14.2 Å². The number of methoxy groups -OCH3 is 2. The standard InChI is InChI=1S/C15H19NO2.ClH/c1-17-14-6-5-10-9-13-11(4-3-7-16-13)8-12(10)15(14)18-2;/h5-6,11H,3-4,7-9H2,1-2H3;1H. The van der Waals surface area contributed by atoms with Crippen LogP contribution < -0.4 is 9.47 Å². The molecule has 3 nitrogen and oxygen atoms in total. The number of aliphatic imine (C=N–C) groups is 1. The monoisotopic (exact) mass is 281 g/mol. The number of rotatable bonds is 2. The highest BCUT2D eigenvalue weighted by molar-refractivity contribution is 5.91. The minimum atomic E-state index is 0. The molecule has 0 saturated heterocycles. The van der Waals surface area contributed by atoms with E-state index in [4.69, 9.17) is 14.5 Å². The maximum Gasteiger partial charge on any atom is 0.164 e. The van der Waals surface area contributed by atoms with E-state index in [1.807, 2.05) is 6.07 Å². The fourth-order valence-electron chi connectivity index (χ4n) is 3.14. The fraction of sp³-hybridized carbons (Fsp3) is 0.533. The van der Waals surface area contributed by atoms with Crippen LogP contribution in [-0.2, 0) is 12.8 Å². The number of hydrogen-bond donors (Lipinski definition) is 0. The van der Waals surface area contributed by atoms with Crippen LogP contribution in [-0.4, -0.2) is 26.5 Å². The molecule has 1 atom stereocenters. The minimum absolute atomic E-state index is 0. The summed E-state index contributed by atoms with van der Waals surface area (Å²) in [7, 11) is 3.42. The quantitative estimate of drug-likeness (QED) is 0.834. The third-order valence-corrected chi connectivity index (χ3v) is 4.06. The van der Waals surface area contributed by atoms with E-state index in [0.29, 0.717) is 5.92 Å². The molecule has 0 N–H and O–H groups in total. The minimum Gasteiger partial charge on any atom is -0.493 e. The number of nitrogens with zero attached hydrogens (tertiary/aromatic N) is 1. The van der Waals surface area contributed by atoms with Crippen LogP contribution in [0.15, 0.2) is 17.1 Å². The van der Waals surface area contributed by atoms with Gasteiger partial charge in [0.15, 0.2) is 11.5 Å². The van der Waals surface area contributed by atoms with E-state index in [1.54, 1.807) is 14.2 Å². The van der Waals surface area contributed by atoms with Crippen molar-refractivity contribution in [2.24, 2.45) is 10.9 Å². The Balaban J connectivity index is 0.00000133. The molecule has 1 aliphatic carbocycles. The topological polar surface area (TPSA) is 30.8 Å². The van der Waals surface area contributed by atoms with Crippen molar-refractivity contribution in [2.75, 3.05) is 20.8 Å². The summed E-state index contributed by atoms with van der Waals surface area (Å²) >= 11 is 0. The Kier molecular flexibility index (Phi) is 4.35. The Morgan fingerprint density at radius 3 is 2.79 bits per heavy atom. The van der Waals surface area contributed by atoms with Crippen LogP contribution in [0.3, 0.4) is 0 Å². The Morgan fingerprint density at radius 2 is 2.05 bits per heavy atom. The fourth-order valence-corrected chi connectivity index (χ4v) is 3.14. The Bertz CT molecular complexity index is 499. The summed E-state index contributed by atoms with van der Waals surface area (Å²) in [4.78, 5) is 4.69. The maximum atomic E-state index is 5.55. The average molecular weight is 282 g/mol. The van der Waals surface area contributed by atoms with Gasteiger partial charge in [0, 0.05) is 30.2 Å². The van der Waals surface area contributed by atoms with E-state index in [2.05, 4.69) is 6.07 Å². The Labute approximate surface area is 120 Å². The molecule has 0 radical (unpaired) electrons. The van der Waals surface area contributed by atoms with Gasteiger partial charge >= 0.3 is 0 Å². The second kappa shape index (κ2) is 5.83. The van der Waals surface area contributed by atoms with Crippen LogP contribution in [0, 0.1) is 5.92 Å². The van der Waals surface area contributed by atoms with Gasteiger partial charge in [-0.05, 0) is 30.9 Å². The summed E-state index contributed by atoms with van der Waals surface area (Å²) in [6.45, 7) is 1.01. The van der Waals surface area contributed by atoms with Crippen LogP contribution in [0.4, 0.5) is 0 Å². The second-order valence-corrected chi connectivity index (χ2v) is 5.03. The van der Waals surface area contributed by atoms with Crippen molar-refractivity contribution in [3.63, 3.8) is 0 Å². The van der Waals surface area contributed by atoms with Crippen molar-refractivity contribution in [2.45, 2.75) is 25.7 Å². The van der Waals surface area contributed by atoms with E-state index in [-0.39, 0.29) is 12.4 Å². The molecule has 0 amide bonds. The summed E-state index contributed by atoms with van der Waals surface area (Å²) in [5.41, 5.74) is 4.06. The molecule has 0 saturated carbocycles. The summed E-state index contributed by atoms with van der Waals surface area (Å²) in [6.07, 6.45) is 4.52. The van der Waals surface area contributed by atoms with Gasteiger partial charge in [-0.1, -0.05) is 6.07 Å². The Morgan fingerprint density at radius 1 is 1.21 bits per heavy atom. The molecule has 1 aromatic carbocycles. The van der Waals surface area contributed by atoms with Gasteiger partial charge in [0.25, 0.3) is 0 Å². The van der Waals surface area contributed by atoms with E-state index in [0.717, 1.165) is 30.9 Å². The Hall–Kier alpha value is -1.22. The summed E-state index contributed by atoms with van der Waals surface area (Å²) < 4.78 is 10.9. The number of halogens is 1. The molecule has 19 heavy (non-hydrogen) atoms. The van der Waals surface area contributed by atoms with E-state index >= 15 is 0 Å². The van der Waals surface area contributed by atoms with Gasteiger partial charge in [-0.25, -0.2) is 0 Å². The third-order valence-electron chi connectivity index (χ3n) is 4.06. The lowest BCUT2D eigenvalue weighted by Crippen LogP contribution is -2.29. The smallest absolute Gasteiger partial charge is 0.164 e. The van der Waals surface area contributed by atoms with E-state index < -0.39 is 0 Å². The molecule has 1 aromatic rings. The van der Waals surface area contributed by atoms with Crippen LogP contribution in [0.1, 0.15) is 24.0 Å². The van der Waals surface area contributed by atoms with Gasteiger partial charge in [-0.3, -0.25) is 4.99 Å². The first kappa shape index (κ1) is 14.2. The molecular weight excluding hydrogens is 262 g/mol. The third kappa shape index (κ3) is 2.44. The highest BCUT2D eigenvalue weighted by Crippen LogP contribution is 2.39. The van der Waals surface area contributed by atoms with Gasteiger partial charge < -0.3 is 9.47 Å². The molecule has 0 bridgehead atoms. The maximum absolute atomic E-state index is 5.55. The zero-order chi connectivity index (χ0) is 12.5. The largest absolute Gasteiger partial charge is 0.493 e. The molecule has 3 rings (SSSR count). The van der Waals surface area contributed by atoms with Crippen molar-refractivity contribution in [1.29, 1.82) is 0 Å². The van der Waals surface area contributed by atoms with Crippen molar-refractivity contribution in [3.05, 3.63) is 23.3 Å². The van der Waals surface area contributed by atoms with E-state index in [1.165, 1.54) is 29.7 Å². The molecule has 0 spiro atoms. The van der Waals surface area contributed by atoms with E-state index in [9.17, 15) is 0 Å². The molecule has 104 valence electrons. The molecule has 2 aliphatic rings. The number of fused-ring (bicyclic) bond motifs is 2. The normalized spacial score (nSPS) is 20.5. The molecule has 4 heteroatoms. The van der Waals surface area contributed by atoms with Crippen molar-refractivity contribution in [1.82, 2.24) is 0 Å². The average Bonchev–Trinajstić information content (AvgIpc) is 2.43. The first-order valence-electron chi connectivity index (χ1n) is 6.59. The molecule has 0 aromatic heterocycles. The zero-order valence-electron chi connectivity index (χ0n) is 11.4. The molecular formula is C15H20ClNO2. The molecule has 0 fully saturated rings. The molecule has 1 heterocycles. The predicted molar refractivity (Wildman–Crippen MR) is 79.2 cm³/mol. The summed E-state index contributed by atoms with van der Waals surface area (Å²) in [5.74, 6) is 2.37. The van der Waals surface area contributed by atoms with Crippen LogP contribution in [0.5, 0.6) is 11.5 Å². The predicted octanol–water partition coefficient (Wildman–Crippen LogP) is 3.08. The lowest BCUT2D eigenvalue weighted by Gasteiger charge is -2.30. The molecule has 1 aliphatic heterocycles. The van der Waals surface area contributed by atoms with Crippen molar-refractivity contribution < 1.29 is 9.47 Å². The first-order chi connectivity index (χ1) is 8.83. The van der Waals surface area contributed by atoms with Gasteiger partial charge in [0.2, 0.25) is 0 Å².